The number of benzene rings is 1. The van der Waals surface area contributed by atoms with Crippen LogP contribution in [0.4, 0.5) is 8.78 Å². The van der Waals surface area contributed by atoms with Crippen LogP contribution in [0.1, 0.15) is 52.5 Å². The van der Waals surface area contributed by atoms with E-state index in [1.165, 1.54) is 18.6 Å². The van der Waals surface area contributed by atoms with Gasteiger partial charge in [-0.15, -0.1) is 0 Å². The fourth-order valence-electron chi connectivity index (χ4n) is 2.20. The molecule has 1 aromatic rings. The maximum absolute atomic E-state index is 13.5. The summed E-state index contributed by atoms with van der Waals surface area (Å²) in [4.78, 5) is 0. The second-order valence-electron chi connectivity index (χ2n) is 6.27. The first-order valence-electron chi connectivity index (χ1n) is 6.66. The van der Waals surface area contributed by atoms with Gasteiger partial charge in [0.25, 0.3) is 0 Å². The zero-order chi connectivity index (χ0) is 13.8. The van der Waals surface area contributed by atoms with Crippen molar-refractivity contribution >= 4 is 0 Å². The molecule has 0 nitrogen and oxygen atoms in total. The molecule has 0 atom stereocenters. The summed E-state index contributed by atoms with van der Waals surface area (Å²) in [6.45, 7) is 8.69. The van der Waals surface area contributed by atoms with E-state index in [2.05, 4.69) is 33.8 Å². The van der Waals surface area contributed by atoms with Crippen molar-refractivity contribution in [1.82, 2.24) is 0 Å². The molecule has 0 fully saturated rings. The van der Waals surface area contributed by atoms with Gasteiger partial charge in [0.2, 0.25) is 0 Å². The summed E-state index contributed by atoms with van der Waals surface area (Å²) in [6.07, 6.45) is 4.04. The third kappa shape index (κ3) is 7.22. The molecule has 105 valence electrons. The van der Waals surface area contributed by atoms with Crippen LogP contribution in [0, 0.1) is 29.0 Å². The number of hydrogen-bond acceptors (Lipinski definition) is 0. The summed E-state index contributed by atoms with van der Waals surface area (Å²) in [5.74, 6) is -0.475. The van der Waals surface area contributed by atoms with Crippen LogP contribution in [0.2, 0.25) is 0 Å². The van der Waals surface area contributed by atoms with Crippen LogP contribution in [0.25, 0.3) is 0 Å². The van der Waals surface area contributed by atoms with Crippen LogP contribution in [-0.4, -0.2) is 0 Å². The maximum Gasteiger partial charge on any atom is 0.137 e. The van der Waals surface area contributed by atoms with Gasteiger partial charge < -0.3 is 0 Å². The van der Waals surface area contributed by atoms with Crippen molar-refractivity contribution in [2.45, 2.75) is 53.4 Å². The largest absolute Gasteiger partial charge is 0.206 e. The van der Waals surface area contributed by atoms with Gasteiger partial charge in [-0.25, -0.2) is 8.78 Å². The zero-order valence-corrected chi connectivity index (χ0v) is 13.9. The molecular weight excluding hydrogens is 278 g/mol. The number of hydrogen-bond donors (Lipinski definition) is 0. The third-order valence-electron chi connectivity index (χ3n) is 3.25. The minimum Gasteiger partial charge on any atom is -0.206 e. The summed E-state index contributed by atoms with van der Waals surface area (Å²) in [6, 6.07) is 4.92. The Morgan fingerprint density at radius 3 is 2.37 bits per heavy atom. The van der Waals surface area contributed by atoms with Gasteiger partial charge in [-0.1, -0.05) is 46.6 Å². The first-order chi connectivity index (χ1) is 8.30. The van der Waals surface area contributed by atoms with Crippen molar-refractivity contribution in [3.05, 3.63) is 35.4 Å². The van der Waals surface area contributed by atoms with Crippen molar-refractivity contribution < 1.29 is 30.5 Å². The van der Waals surface area contributed by atoms with Gasteiger partial charge in [0, 0.05) is 21.7 Å². The molecule has 0 unspecified atom stereocenters. The SMILES string of the molecule is CC(C)CCCC(C)(C)Cc1ccc(F)[c]c1F.[Ti]. The van der Waals surface area contributed by atoms with Gasteiger partial charge in [0.1, 0.15) is 11.6 Å². The van der Waals surface area contributed by atoms with E-state index < -0.39 is 11.6 Å². The average molecular weight is 301 g/mol. The molecule has 0 saturated heterocycles. The summed E-state index contributed by atoms with van der Waals surface area (Å²) < 4.78 is 26.3. The van der Waals surface area contributed by atoms with Gasteiger partial charge in [-0.2, -0.15) is 0 Å². The maximum atomic E-state index is 13.5. The molecule has 0 bridgehead atoms. The Bertz CT molecular complexity index is 386. The van der Waals surface area contributed by atoms with Gasteiger partial charge in [-0.05, 0) is 35.8 Å². The number of halogens is 2. The molecule has 0 N–H and O–H groups in total. The molecule has 0 aliphatic heterocycles. The van der Waals surface area contributed by atoms with Gasteiger partial charge in [0.15, 0.2) is 0 Å². The first kappa shape index (κ1) is 18.8. The van der Waals surface area contributed by atoms with Gasteiger partial charge in [0.05, 0.1) is 6.07 Å². The van der Waals surface area contributed by atoms with E-state index >= 15 is 0 Å². The fourth-order valence-corrected chi connectivity index (χ4v) is 2.20. The molecule has 1 aromatic carbocycles. The summed E-state index contributed by atoms with van der Waals surface area (Å²) in [7, 11) is 0. The summed E-state index contributed by atoms with van der Waals surface area (Å²) in [5, 5.41) is 0. The molecule has 0 aromatic heterocycles. The third-order valence-corrected chi connectivity index (χ3v) is 3.25. The second kappa shape index (κ2) is 8.16. The van der Waals surface area contributed by atoms with Crippen molar-refractivity contribution in [1.29, 1.82) is 0 Å². The van der Waals surface area contributed by atoms with Crippen LogP contribution >= 0.6 is 0 Å². The van der Waals surface area contributed by atoms with Crippen LogP contribution < -0.4 is 0 Å². The molecule has 1 rings (SSSR count). The Hall–Kier alpha value is -0.206. The minimum atomic E-state index is -0.631. The Morgan fingerprint density at radius 2 is 1.84 bits per heavy atom. The molecule has 0 amide bonds. The quantitative estimate of drug-likeness (QED) is 0.637. The van der Waals surface area contributed by atoms with Crippen molar-refractivity contribution in [3.63, 3.8) is 0 Å². The van der Waals surface area contributed by atoms with Crippen LogP contribution in [0.5, 0.6) is 0 Å². The predicted molar refractivity (Wildman–Crippen MR) is 71.4 cm³/mol. The Kier molecular flexibility index (Phi) is 8.08. The Morgan fingerprint density at radius 1 is 1.21 bits per heavy atom. The van der Waals surface area contributed by atoms with E-state index in [-0.39, 0.29) is 27.1 Å². The predicted octanol–water partition coefficient (Wildman–Crippen LogP) is 5.16. The molecule has 3 heteroatoms. The van der Waals surface area contributed by atoms with Crippen LogP contribution in [0.15, 0.2) is 12.1 Å². The summed E-state index contributed by atoms with van der Waals surface area (Å²) in [5.41, 5.74) is 0.604. The van der Waals surface area contributed by atoms with E-state index in [0.29, 0.717) is 17.9 Å². The Balaban J connectivity index is 0.00000324. The van der Waals surface area contributed by atoms with Crippen LogP contribution in [-0.2, 0) is 28.1 Å². The molecule has 0 saturated carbocycles. The summed E-state index contributed by atoms with van der Waals surface area (Å²) >= 11 is 0. The first-order valence-corrected chi connectivity index (χ1v) is 6.66. The number of rotatable bonds is 6. The molecule has 0 aliphatic rings. The molecule has 1 radical (unpaired) electrons. The monoisotopic (exact) mass is 301 g/mol. The fraction of sp³-hybridized carbons (Fsp3) is 0.625. The van der Waals surface area contributed by atoms with E-state index in [9.17, 15) is 8.78 Å². The van der Waals surface area contributed by atoms with E-state index in [0.717, 1.165) is 12.8 Å². The smallest absolute Gasteiger partial charge is 0.137 e. The van der Waals surface area contributed by atoms with Gasteiger partial charge >= 0.3 is 0 Å². The van der Waals surface area contributed by atoms with Gasteiger partial charge in [-0.3, -0.25) is 0 Å². The molecule has 19 heavy (non-hydrogen) atoms. The van der Waals surface area contributed by atoms with Crippen molar-refractivity contribution in [3.8, 4) is 0 Å². The van der Waals surface area contributed by atoms with Crippen LogP contribution in [0.3, 0.4) is 0 Å². The standard InChI is InChI=1S/C16H23F2.Ti/c1-12(2)6-5-9-16(3,4)11-13-7-8-14(17)10-15(13)18;/h7-8,12H,5-6,9,11H2,1-4H3;. The topological polar surface area (TPSA) is 0 Å². The second-order valence-corrected chi connectivity index (χ2v) is 6.27. The van der Waals surface area contributed by atoms with E-state index in [1.807, 2.05) is 0 Å². The molecule has 0 spiro atoms. The van der Waals surface area contributed by atoms with E-state index in [1.54, 1.807) is 0 Å². The molecular formula is C16H23F2Ti. The van der Waals surface area contributed by atoms with Crippen molar-refractivity contribution in [2.24, 2.45) is 11.3 Å². The normalized spacial score (nSPS) is 11.5. The minimum absolute atomic E-state index is 0. The van der Waals surface area contributed by atoms with E-state index in [4.69, 9.17) is 0 Å². The molecule has 0 heterocycles. The van der Waals surface area contributed by atoms with Crippen molar-refractivity contribution in [2.75, 3.05) is 0 Å². The Labute approximate surface area is 130 Å². The zero-order valence-electron chi connectivity index (χ0n) is 12.3. The molecule has 0 aliphatic carbocycles. The average Bonchev–Trinajstić information content (AvgIpc) is 2.21.